The molecule has 0 unspecified atom stereocenters. The van der Waals surface area contributed by atoms with E-state index in [0.717, 1.165) is 23.3 Å². The minimum absolute atomic E-state index is 0.0217. The van der Waals surface area contributed by atoms with Crippen molar-refractivity contribution in [2.24, 2.45) is 0 Å². The third-order valence-corrected chi connectivity index (χ3v) is 6.05. The van der Waals surface area contributed by atoms with Gasteiger partial charge in [0.05, 0.1) is 6.54 Å². The molecule has 1 aliphatic heterocycles. The molecule has 1 amide bonds. The Morgan fingerprint density at radius 2 is 1.79 bits per heavy atom. The van der Waals surface area contributed by atoms with Crippen molar-refractivity contribution in [3.05, 3.63) is 82.7 Å². The van der Waals surface area contributed by atoms with Gasteiger partial charge in [0.15, 0.2) is 17.5 Å². The highest BCUT2D eigenvalue weighted by molar-refractivity contribution is 5.77. The number of amides is 1. The number of hydrogen-bond acceptors (Lipinski definition) is 4. The van der Waals surface area contributed by atoms with E-state index in [-0.39, 0.29) is 30.4 Å². The Morgan fingerprint density at radius 1 is 1.06 bits per heavy atom. The molecule has 2 aromatic carbocycles. The average molecular weight is 458 g/mol. The van der Waals surface area contributed by atoms with Crippen LogP contribution in [0.4, 0.5) is 13.2 Å². The van der Waals surface area contributed by atoms with Crippen LogP contribution in [-0.2, 0) is 24.3 Å². The molecule has 0 radical (unpaired) electrons. The summed E-state index contributed by atoms with van der Waals surface area (Å²) in [6.45, 7) is 5.29. The molecule has 0 aliphatic carbocycles. The van der Waals surface area contributed by atoms with Gasteiger partial charge < -0.3 is 14.8 Å². The third-order valence-electron chi connectivity index (χ3n) is 6.05. The van der Waals surface area contributed by atoms with Crippen molar-refractivity contribution >= 4 is 5.91 Å². The number of halogens is 3. The van der Waals surface area contributed by atoms with Gasteiger partial charge in [-0.15, -0.1) is 10.2 Å². The number of nitrogens with one attached hydrogen (secondary N) is 1. The van der Waals surface area contributed by atoms with Crippen LogP contribution in [0.1, 0.15) is 42.2 Å². The number of fused-ring (bicyclic) bond motifs is 1. The Hall–Kier alpha value is -3.20. The van der Waals surface area contributed by atoms with Gasteiger partial charge in [-0.3, -0.25) is 4.79 Å². The zero-order chi connectivity index (χ0) is 23.5. The topological polar surface area (TPSA) is 63.1 Å². The van der Waals surface area contributed by atoms with Crippen LogP contribution in [0.5, 0.6) is 0 Å². The monoisotopic (exact) mass is 457 g/mol. The van der Waals surface area contributed by atoms with Crippen molar-refractivity contribution in [3.8, 4) is 0 Å². The molecule has 33 heavy (non-hydrogen) atoms. The van der Waals surface area contributed by atoms with Crippen molar-refractivity contribution < 1.29 is 18.0 Å². The van der Waals surface area contributed by atoms with Gasteiger partial charge in [-0.25, -0.2) is 13.2 Å². The maximum Gasteiger partial charge on any atom is 0.224 e. The highest BCUT2D eigenvalue weighted by atomic mass is 19.2. The Bertz CT molecular complexity index is 1130. The zero-order valence-corrected chi connectivity index (χ0v) is 18.6. The van der Waals surface area contributed by atoms with E-state index in [1.54, 1.807) is 4.90 Å². The molecular formula is C24H26F3N5O. The van der Waals surface area contributed by atoms with E-state index in [0.29, 0.717) is 25.7 Å². The minimum atomic E-state index is -1.23. The lowest BCUT2D eigenvalue weighted by Gasteiger charge is -2.30. The summed E-state index contributed by atoms with van der Waals surface area (Å²) in [6.07, 6.45) is 0.109. The Morgan fingerprint density at radius 3 is 2.55 bits per heavy atom. The lowest BCUT2D eigenvalue weighted by Crippen LogP contribution is -2.43. The van der Waals surface area contributed by atoms with Gasteiger partial charge in [-0.2, -0.15) is 0 Å². The normalized spacial score (nSPS) is 15.2. The molecule has 0 fully saturated rings. The number of aromatic nitrogens is 3. The van der Waals surface area contributed by atoms with Gasteiger partial charge in [0.2, 0.25) is 5.91 Å². The molecule has 1 N–H and O–H groups in total. The lowest BCUT2D eigenvalue weighted by molar-refractivity contribution is -0.133. The van der Waals surface area contributed by atoms with E-state index in [4.69, 9.17) is 0 Å². The van der Waals surface area contributed by atoms with E-state index >= 15 is 0 Å². The molecule has 0 saturated carbocycles. The van der Waals surface area contributed by atoms with Gasteiger partial charge >= 0.3 is 0 Å². The molecule has 1 aromatic heterocycles. The maximum absolute atomic E-state index is 14.4. The highest BCUT2D eigenvalue weighted by Crippen LogP contribution is 2.21. The number of hydrogen-bond donors (Lipinski definition) is 1. The van der Waals surface area contributed by atoms with Crippen LogP contribution in [0, 0.1) is 24.4 Å². The lowest BCUT2D eigenvalue weighted by atomic mass is 9.99. The number of carbonyl (C=O) groups is 1. The van der Waals surface area contributed by atoms with Gasteiger partial charge in [-0.1, -0.05) is 30.3 Å². The van der Waals surface area contributed by atoms with Crippen molar-refractivity contribution in [2.45, 2.75) is 51.9 Å². The summed E-state index contributed by atoms with van der Waals surface area (Å²) in [4.78, 5) is 14.8. The summed E-state index contributed by atoms with van der Waals surface area (Å²) in [5.74, 6) is -1.77. The largest absolute Gasteiger partial charge is 0.333 e. The van der Waals surface area contributed by atoms with Crippen LogP contribution in [0.2, 0.25) is 0 Å². The molecule has 3 aromatic rings. The summed E-state index contributed by atoms with van der Waals surface area (Å²) in [6, 6.07) is 10.4. The molecule has 0 spiro atoms. The number of rotatable bonds is 7. The maximum atomic E-state index is 14.4. The molecule has 1 aliphatic rings. The molecule has 4 rings (SSSR count). The van der Waals surface area contributed by atoms with E-state index in [2.05, 4.69) is 15.5 Å². The fourth-order valence-corrected chi connectivity index (χ4v) is 4.22. The first-order chi connectivity index (χ1) is 15.8. The van der Waals surface area contributed by atoms with Crippen LogP contribution >= 0.6 is 0 Å². The summed E-state index contributed by atoms with van der Waals surface area (Å²) < 4.78 is 43.5. The van der Waals surface area contributed by atoms with Crippen LogP contribution in [0.15, 0.2) is 42.5 Å². The van der Waals surface area contributed by atoms with Crippen molar-refractivity contribution in [2.75, 3.05) is 6.54 Å². The second-order valence-corrected chi connectivity index (χ2v) is 8.39. The van der Waals surface area contributed by atoms with E-state index < -0.39 is 23.5 Å². The average Bonchev–Trinajstić information content (AvgIpc) is 3.18. The highest BCUT2D eigenvalue weighted by Gasteiger charge is 2.27. The van der Waals surface area contributed by atoms with Crippen LogP contribution < -0.4 is 5.32 Å². The summed E-state index contributed by atoms with van der Waals surface area (Å²) >= 11 is 0. The smallest absolute Gasteiger partial charge is 0.224 e. The minimum Gasteiger partial charge on any atom is -0.333 e. The first-order valence-electron chi connectivity index (χ1n) is 10.9. The molecule has 2 heterocycles. The predicted molar refractivity (Wildman–Crippen MR) is 117 cm³/mol. The molecule has 2 atom stereocenters. The Labute approximate surface area is 190 Å². The van der Waals surface area contributed by atoms with Crippen molar-refractivity contribution in [3.63, 3.8) is 0 Å². The summed E-state index contributed by atoms with van der Waals surface area (Å²) in [5, 5.41) is 11.6. The van der Waals surface area contributed by atoms with Gasteiger partial charge in [0, 0.05) is 37.7 Å². The van der Waals surface area contributed by atoms with Crippen molar-refractivity contribution in [1.29, 1.82) is 0 Å². The van der Waals surface area contributed by atoms with E-state index in [1.165, 1.54) is 0 Å². The molecule has 174 valence electrons. The molecule has 6 nitrogen and oxygen atoms in total. The quantitative estimate of drug-likeness (QED) is 0.550. The van der Waals surface area contributed by atoms with Crippen LogP contribution in [0.25, 0.3) is 0 Å². The van der Waals surface area contributed by atoms with E-state index in [9.17, 15) is 18.0 Å². The summed E-state index contributed by atoms with van der Waals surface area (Å²) in [5.41, 5.74) is 1.02. The van der Waals surface area contributed by atoms with Crippen LogP contribution in [0.3, 0.4) is 0 Å². The molecule has 0 bridgehead atoms. The third kappa shape index (κ3) is 5.24. The van der Waals surface area contributed by atoms with E-state index in [1.807, 2.05) is 48.7 Å². The molecule has 9 heteroatoms. The number of benzene rings is 2. The summed E-state index contributed by atoms with van der Waals surface area (Å²) in [7, 11) is 0. The van der Waals surface area contributed by atoms with Gasteiger partial charge in [-0.05, 0) is 37.5 Å². The second kappa shape index (κ2) is 9.74. The number of aryl methyl sites for hydroxylation is 1. The standard InChI is InChI=1S/C24H26F3N5O/c1-15(17-6-4-3-5-7-17)28-19(10-18-11-21(26)22(27)13-20(18)25)12-24(33)31-8-9-32-16(2)29-30-23(32)14-31/h3-7,11,13,15,19,28H,8-10,12,14H2,1-2H3/t15-,19+/m0/s1. The Balaban J connectivity index is 1.52. The van der Waals surface area contributed by atoms with Crippen molar-refractivity contribution in [1.82, 2.24) is 25.0 Å². The van der Waals surface area contributed by atoms with Gasteiger partial charge in [0.25, 0.3) is 0 Å². The van der Waals surface area contributed by atoms with Gasteiger partial charge in [0.1, 0.15) is 11.6 Å². The first-order valence-corrected chi connectivity index (χ1v) is 10.9. The SMILES string of the molecule is Cc1nnc2n1CCN(C(=O)C[C@@H](Cc1cc(F)c(F)cc1F)N[C@@H](C)c1ccccc1)C2. The number of carbonyl (C=O) groups excluding carboxylic acids is 1. The predicted octanol–water partition coefficient (Wildman–Crippen LogP) is 3.70. The Kier molecular flexibility index (Phi) is 6.78. The molecule has 0 saturated heterocycles. The second-order valence-electron chi connectivity index (χ2n) is 8.39. The first kappa shape index (κ1) is 23.0. The van der Waals surface area contributed by atoms with Crippen LogP contribution in [-0.4, -0.2) is 38.2 Å². The zero-order valence-electron chi connectivity index (χ0n) is 18.6. The fourth-order valence-electron chi connectivity index (χ4n) is 4.22. The fraction of sp³-hybridized carbons (Fsp3) is 0.375. The number of nitrogens with zero attached hydrogens (tertiary/aromatic N) is 4. The molecular weight excluding hydrogens is 431 g/mol.